The Hall–Kier alpha value is -2.22. The second-order valence-corrected chi connectivity index (χ2v) is 5.17. The Kier molecular flexibility index (Phi) is 3.70. The number of aryl methyl sites for hydroxylation is 2. The second kappa shape index (κ2) is 5.65. The van der Waals surface area contributed by atoms with Crippen molar-refractivity contribution in [1.29, 1.82) is 0 Å². The van der Waals surface area contributed by atoms with Gasteiger partial charge in [0, 0.05) is 25.4 Å². The summed E-state index contributed by atoms with van der Waals surface area (Å²) in [4.78, 5) is 12.5. The van der Waals surface area contributed by atoms with Crippen molar-refractivity contribution in [3.8, 4) is 0 Å². The first-order valence-electron chi connectivity index (χ1n) is 6.85. The molecule has 3 rings (SSSR count). The average Bonchev–Trinajstić information content (AvgIpc) is 3.08. The molecule has 1 aliphatic rings. The second-order valence-electron chi connectivity index (χ2n) is 5.17. The Morgan fingerprint density at radius 1 is 1.48 bits per heavy atom. The van der Waals surface area contributed by atoms with E-state index in [0.717, 1.165) is 18.4 Å². The monoisotopic (exact) mass is 291 g/mol. The van der Waals surface area contributed by atoms with Gasteiger partial charge in [-0.1, -0.05) is 5.16 Å². The molecule has 0 unspecified atom stereocenters. The standard InChI is InChI=1S/C13H17N5O3/c1-8-12(17-21-16-8)15-13(19)10-4-3-5-20-11(10)9-6-14-18(2)7-9/h6-7,10-11H,3-5H2,1-2H3,(H,15,17,19)/t10-,11+/m1/s1. The molecule has 1 amide bonds. The third kappa shape index (κ3) is 2.80. The SMILES string of the molecule is Cc1nonc1NC(=O)[C@@H]1CCCO[C@H]1c1cnn(C)c1. The Labute approximate surface area is 121 Å². The smallest absolute Gasteiger partial charge is 0.231 e. The molecule has 21 heavy (non-hydrogen) atoms. The van der Waals surface area contributed by atoms with Crippen LogP contribution in [0.25, 0.3) is 0 Å². The average molecular weight is 291 g/mol. The van der Waals surface area contributed by atoms with Gasteiger partial charge < -0.3 is 10.1 Å². The Morgan fingerprint density at radius 2 is 2.33 bits per heavy atom. The van der Waals surface area contributed by atoms with Crippen LogP contribution in [0, 0.1) is 12.8 Å². The number of nitrogens with one attached hydrogen (secondary N) is 1. The van der Waals surface area contributed by atoms with Crippen LogP contribution in [0.5, 0.6) is 0 Å². The van der Waals surface area contributed by atoms with Crippen LogP contribution in [0.15, 0.2) is 17.0 Å². The number of hydrogen-bond donors (Lipinski definition) is 1. The molecule has 1 aliphatic heterocycles. The van der Waals surface area contributed by atoms with Crippen molar-refractivity contribution in [2.24, 2.45) is 13.0 Å². The molecule has 1 N–H and O–H groups in total. The summed E-state index contributed by atoms with van der Waals surface area (Å²) < 4.78 is 12.1. The molecule has 0 bridgehead atoms. The zero-order valence-electron chi connectivity index (χ0n) is 11.9. The van der Waals surface area contributed by atoms with Crippen LogP contribution in [0.3, 0.4) is 0 Å². The number of hydrogen-bond acceptors (Lipinski definition) is 6. The van der Waals surface area contributed by atoms with Gasteiger partial charge in [0.15, 0.2) is 5.82 Å². The van der Waals surface area contributed by atoms with E-state index in [-0.39, 0.29) is 17.9 Å². The molecule has 0 radical (unpaired) electrons. The van der Waals surface area contributed by atoms with Crippen molar-refractivity contribution in [3.63, 3.8) is 0 Å². The summed E-state index contributed by atoms with van der Waals surface area (Å²) in [6, 6.07) is 0. The molecule has 3 heterocycles. The highest BCUT2D eigenvalue weighted by Crippen LogP contribution is 2.34. The maximum atomic E-state index is 12.5. The number of ether oxygens (including phenoxy) is 1. The van der Waals surface area contributed by atoms with E-state index in [0.29, 0.717) is 18.1 Å². The minimum Gasteiger partial charge on any atom is -0.373 e. The lowest BCUT2D eigenvalue weighted by Crippen LogP contribution is -2.33. The zero-order chi connectivity index (χ0) is 14.8. The van der Waals surface area contributed by atoms with E-state index in [2.05, 4.69) is 25.4 Å². The van der Waals surface area contributed by atoms with Crippen molar-refractivity contribution in [2.75, 3.05) is 11.9 Å². The number of rotatable bonds is 3. The minimum atomic E-state index is -0.285. The molecular weight excluding hydrogens is 274 g/mol. The fourth-order valence-corrected chi connectivity index (χ4v) is 2.52. The molecule has 2 aromatic rings. The van der Waals surface area contributed by atoms with Crippen molar-refractivity contribution in [2.45, 2.75) is 25.9 Å². The number of anilines is 1. The van der Waals surface area contributed by atoms with Gasteiger partial charge in [-0.15, -0.1) is 0 Å². The van der Waals surface area contributed by atoms with E-state index in [4.69, 9.17) is 4.74 Å². The summed E-state index contributed by atoms with van der Waals surface area (Å²) >= 11 is 0. The fourth-order valence-electron chi connectivity index (χ4n) is 2.52. The van der Waals surface area contributed by atoms with E-state index in [1.165, 1.54) is 0 Å². The summed E-state index contributed by atoms with van der Waals surface area (Å²) in [6.45, 7) is 2.37. The van der Waals surface area contributed by atoms with Crippen molar-refractivity contribution in [3.05, 3.63) is 23.7 Å². The summed E-state index contributed by atoms with van der Waals surface area (Å²) in [6.07, 6.45) is 4.94. The van der Waals surface area contributed by atoms with Gasteiger partial charge in [0.25, 0.3) is 0 Å². The molecule has 0 saturated carbocycles. The highest BCUT2D eigenvalue weighted by atomic mass is 16.6. The topological polar surface area (TPSA) is 95.1 Å². The van der Waals surface area contributed by atoms with Crippen molar-refractivity contribution in [1.82, 2.24) is 20.1 Å². The van der Waals surface area contributed by atoms with Gasteiger partial charge in [-0.2, -0.15) is 5.10 Å². The third-order valence-electron chi connectivity index (χ3n) is 3.61. The van der Waals surface area contributed by atoms with Crippen LogP contribution in [-0.4, -0.2) is 32.6 Å². The summed E-state index contributed by atoms with van der Waals surface area (Å²) in [5.41, 5.74) is 1.46. The Morgan fingerprint density at radius 3 is 3.00 bits per heavy atom. The van der Waals surface area contributed by atoms with Gasteiger partial charge in [-0.05, 0) is 24.9 Å². The predicted octanol–water partition coefficient (Wildman–Crippen LogP) is 1.22. The lowest BCUT2D eigenvalue weighted by molar-refractivity contribution is -0.129. The fraction of sp³-hybridized carbons (Fsp3) is 0.538. The summed E-state index contributed by atoms with van der Waals surface area (Å²) in [7, 11) is 1.84. The maximum Gasteiger partial charge on any atom is 0.231 e. The van der Waals surface area contributed by atoms with Crippen molar-refractivity contribution >= 4 is 11.7 Å². The molecule has 0 spiro atoms. The number of aromatic nitrogens is 4. The molecule has 8 nitrogen and oxygen atoms in total. The molecule has 8 heteroatoms. The van der Waals surface area contributed by atoms with Crippen LogP contribution in [0.4, 0.5) is 5.82 Å². The first-order valence-corrected chi connectivity index (χ1v) is 6.85. The van der Waals surface area contributed by atoms with Gasteiger partial charge in [-0.25, -0.2) is 4.63 Å². The highest BCUT2D eigenvalue weighted by Gasteiger charge is 2.34. The van der Waals surface area contributed by atoms with E-state index in [1.54, 1.807) is 17.8 Å². The van der Waals surface area contributed by atoms with Crippen LogP contribution < -0.4 is 5.32 Å². The van der Waals surface area contributed by atoms with Gasteiger partial charge in [0.1, 0.15) is 5.69 Å². The largest absolute Gasteiger partial charge is 0.373 e. The number of nitrogens with zero attached hydrogens (tertiary/aromatic N) is 4. The highest BCUT2D eigenvalue weighted by molar-refractivity contribution is 5.92. The Balaban J connectivity index is 1.77. The van der Waals surface area contributed by atoms with E-state index in [9.17, 15) is 4.79 Å². The molecular formula is C13H17N5O3. The zero-order valence-corrected chi connectivity index (χ0v) is 11.9. The van der Waals surface area contributed by atoms with Gasteiger partial charge in [0.2, 0.25) is 5.91 Å². The molecule has 0 aliphatic carbocycles. The molecule has 2 atom stereocenters. The van der Waals surface area contributed by atoms with E-state index < -0.39 is 0 Å². The lowest BCUT2D eigenvalue weighted by atomic mass is 9.90. The first-order chi connectivity index (χ1) is 10.1. The lowest BCUT2D eigenvalue weighted by Gasteiger charge is -2.29. The summed E-state index contributed by atoms with van der Waals surface area (Å²) in [5.74, 6) is -0.0584. The number of carbonyl (C=O) groups excluding carboxylic acids is 1. The molecule has 1 fully saturated rings. The molecule has 2 aromatic heterocycles. The van der Waals surface area contributed by atoms with Gasteiger partial charge in [0.05, 0.1) is 18.2 Å². The van der Waals surface area contributed by atoms with Gasteiger partial charge in [-0.3, -0.25) is 9.48 Å². The first kappa shape index (κ1) is 13.7. The molecule has 0 aromatic carbocycles. The van der Waals surface area contributed by atoms with Crippen molar-refractivity contribution < 1.29 is 14.2 Å². The third-order valence-corrected chi connectivity index (χ3v) is 3.61. The van der Waals surface area contributed by atoms with Crippen LogP contribution in [0.1, 0.15) is 30.2 Å². The quantitative estimate of drug-likeness (QED) is 0.913. The maximum absolute atomic E-state index is 12.5. The number of amides is 1. The minimum absolute atomic E-state index is 0.137. The molecule has 1 saturated heterocycles. The summed E-state index contributed by atoms with van der Waals surface area (Å²) in [5, 5.41) is 14.2. The van der Waals surface area contributed by atoms with Crippen LogP contribution >= 0.6 is 0 Å². The molecule has 112 valence electrons. The number of carbonyl (C=O) groups is 1. The van der Waals surface area contributed by atoms with E-state index >= 15 is 0 Å². The van der Waals surface area contributed by atoms with Gasteiger partial charge >= 0.3 is 0 Å². The Bertz CT molecular complexity index is 635. The van der Waals surface area contributed by atoms with Crippen LogP contribution in [-0.2, 0) is 16.6 Å². The van der Waals surface area contributed by atoms with Crippen LogP contribution in [0.2, 0.25) is 0 Å². The predicted molar refractivity (Wildman–Crippen MR) is 72.3 cm³/mol. The normalized spacial score (nSPS) is 22.2. The van der Waals surface area contributed by atoms with E-state index in [1.807, 2.05) is 13.2 Å².